The van der Waals surface area contributed by atoms with Crippen molar-refractivity contribution in [3.8, 4) is 17.2 Å². The monoisotopic (exact) mass is 450 g/mol. The second-order valence-corrected chi connectivity index (χ2v) is 7.83. The summed E-state index contributed by atoms with van der Waals surface area (Å²) in [5, 5.41) is 11.5. The van der Waals surface area contributed by atoms with Gasteiger partial charge in [-0.1, -0.05) is 16.8 Å². The van der Waals surface area contributed by atoms with Crippen LogP contribution in [0.3, 0.4) is 0 Å². The van der Waals surface area contributed by atoms with Gasteiger partial charge < -0.3 is 0 Å². The minimum Gasteiger partial charge on any atom is -0.295 e. The summed E-state index contributed by atoms with van der Waals surface area (Å²) in [6.07, 6.45) is 1.09. The highest BCUT2D eigenvalue weighted by molar-refractivity contribution is 7.99. The number of hydrogen-bond donors (Lipinski definition) is 0. The van der Waals surface area contributed by atoms with Crippen LogP contribution in [-0.4, -0.2) is 25.8 Å². The van der Waals surface area contributed by atoms with Crippen molar-refractivity contribution in [3.05, 3.63) is 71.2 Å². The van der Waals surface area contributed by atoms with Crippen LogP contribution in [0, 0.1) is 12.7 Å². The summed E-state index contributed by atoms with van der Waals surface area (Å²) in [4.78, 5) is 34.9. The molecule has 9 nitrogen and oxygen atoms in total. The van der Waals surface area contributed by atoms with Crippen LogP contribution >= 0.6 is 23.4 Å². The molecule has 0 spiro atoms. The van der Waals surface area contributed by atoms with Gasteiger partial charge in [-0.15, -0.1) is 11.8 Å². The van der Waals surface area contributed by atoms with Gasteiger partial charge in [0.25, 0.3) is 0 Å². The number of thioether (sulfide) groups is 1. The minimum absolute atomic E-state index is 0.0183. The normalized spacial score (nSPS) is 11.4. The molecule has 30 heavy (non-hydrogen) atoms. The van der Waals surface area contributed by atoms with E-state index in [0.717, 1.165) is 10.6 Å². The summed E-state index contributed by atoms with van der Waals surface area (Å²) < 4.78 is 24.1. The Bertz CT molecular complexity index is 1370. The van der Waals surface area contributed by atoms with E-state index >= 15 is 0 Å². The van der Waals surface area contributed by atoms with Crippen LogP contribution in [0.4, 0.5) is 4.39 Å². The molecule has 4 rings (SSSR count). The molecule has 0 fully saturated rings. The Morgan fingerprint density at radius 2 is 1.97 bits per heavy atom. The molecule has 0 aliphatic carbocycles. The van der Waals surface area contributed by atoms with Crippen LogP contribution in [-0.2, 0) is 6.42 Å². The zero-order valence-corrected chi connectivity index (χ0v) is 16.9. The van der Waals surface area contributed by atoms with E-state index in [-0.39, 0.29) is 22.2 Å². The molecule has 0 saturated carbocycles. The van der Waals surface area contributed by atoms with Crippen LogP contribution in [0.5, 0.6) is 0 Å². The molecule has 2 aromatic heterocycles. The summed E-state index contributed by atoms with van der Waals surface area (Å²) in [5.41, 5.74) is 0.612. The predicted molar refractivity (Wildman–Crippen MR) is 105 cm³/mol. The lowest BCUT2D eigenvalue weighted by atomic mass is 9.99. The van der Waals surface area contributed by atoms with Crippen LogP contribution < -0.4 is 16.6 Å². The Morgan fingerprint density at radius 3 is 2.70 bits per heavy atom. The van der Waals surface area contributed by atoms with Gasteiger partial charge in [0.15, 0.2) is 10.7 Å². The fourth-order valence-electron chi connectivity index (χ4n) is 2.93. The molecule has 0 aliphatic rings. The van der Waals surface area contributed by atoms with Gasteiger partial charge in [-0.05, 0) is 48.3 Å². The molecule has 0 bridgehead atoms. The van der Waals surface area contributed by atoms with E-state index in [1.54, 1.807) is 6.92 Å². The molecule has 2 heterocycles. The van der Waals surface area contributed by atoms with Gasteiger partial charge >= 0.3 is 5.76 Å². The fraction of sp³-hybridized carbons (Fsp3) is 0.222. The Labute approximate surface area is 176 Å². The summed E-state index contributed by atoms with van der Waals surface area (Å²) >= 11 is 7.08. The summed E-state index contributed by atoms with van der Waals surface area (Å²) in [6.45, 7) is 1.64. The van der Waals surface area contributed by atoms with E-state index in [2.05, 4.69) is 15.5 Å². The number of benzene rings is 1. The third kappa shape index (κ3) is 3.50. The van der Waals surface area contributed by atoms with Crippen molar-refractivity contribution in [2.45, 2.75) is 24.8 Å². The molecule has 0 atom stereocenters. The van der Waals surface area contributed by atoms with Crippen molar-refractivity contribution < 1.29 is 13.5 Å². The minimum atomic E-state index is -0.817. The molecule has 0 unspecified atom stereocenters. The van der Waals surface area contributed by atoms with Crippen LogP contribution in [0.2, 0.25) is 5.02 Å². The van der Waals surface area contributed by atoms with E-state index in [0.29, 0.717) is 34.7 Å². The Hall–Kier alpha value is -3.05. The highest BCUT2D eigenvalue weighted by atomic mass is 35.5. The summed E-state index contributed by atoms with van der Waals surface area (Å²) in [6, 6.07) is 3.71. The molecule has 0 saturated heterocycles. The molecule has 4 aromatic rings. The molecular weight excluding hydrogens is 439 g/mol. The third-order valence-corrected chi connectivity index (χ3v) is 5.84. The van der Waals surface area contributed by atoms with Gasteiger partial charge in [0.2, 0.25) is 16.7 Å². The maximum atomic E-state index is 13.5. The average Bonchev–Trinajstić information content (AvgIpc) is 3.35. The SMILES string of the molecule is Cc1c(CCCSc2nonc2-c2noc(=O)n2-c2ccc(F)c(Cl)c2)c(=O)c1=O. The first-order valence-electron chi connectivity index (χ1n) is 8.67. The number of rotatable bonds is 7. The Morgan fingerprint density at radius 1 is 1.17 bits per heavy atom. The lowest BCUT2D eigenvalue weighted by molar-refractivity contribution is 0.299. The lowest BCUT2D eigenvalue weighted by Gasteiger charge is -2.06. The zero-order chi connectivity index (χ0) is 21.4. The lowest BCUT2D eigenvalue weighted by Crippen LogP contribution is -2.38. The molecule has 12 heteroatoms. The van der Waals surface area contributed by atoms with Gasteiger partial charge in [-0.25, -0.2) is 18.4 Å². The highest BCUT2D eigenvalue weighted by Crippen LogP contribution is 2.29. The number of nitrogens with zero attached hydrogens (tertiary/aromatic N) is 4. The maximum absolute atomic E-state index is 13.5. The molecule has 2 aromatic carbocycles. The van der Waals surface area contributed by atoms with E-state index in [4.69, 9.17) is 20.8 Å². The van der Waals surface area contributed by atoms with Gasteiger partial charge in [0.1, 0.15) is 5.82 Å². The summed E-state index contributed by atoms with van der Waals surface area (Å²) in [5.74, 6) is -0.890. The topological polar surface area (TPSA) is 121 Å². The largest absolute Gasteiger partial charge is 0.446 e. The van der Waals surface area contributed by atoms with Crippen molar-refractivity contribution in [1.82, 2.24) is 20.0 Å². The Kier molecular flexibility index (Phi) is 5.39. The maximum Gasteiger partial charge on any atom is 0.446 e. The van der Waals surface area contributed by atoms with Crippen molar-refractivity contribution in [1.29, 1.82) is 0 Å². The van der Waals surface area contributed by atoms with Gasteiger partial charge in [0.05, 0.1) is 10.7 Å². The number of hydrogen-bond acceptors (Lipinski definition) is 9. The van der Waals surface area contributed by atoms with Crippen molar-refractivity contribution >= 4 is 23.4 Å². The highest BCUT2D eigenvalue weighted by Gasteiger charge is 2.23. The number of aromatic nitrogens is 4. The second-order valence-electron chi connectivity index (χ2n) is 6.34. The van der Waals surface area contributed by atoms with Crippen LogP contribution in [0.15, 0.2) is 46.8 Å². The van der Waals surface area contributed by atoms with Crippen molar-refractivity contribution in [2.24, 2.45) is 0 Å². The molecule has 0 amide bonds. The van der Waals surface area contributed by atoms with Gasteiger partial charge in [-0.2, -0.15) is 0 Å². The quantitative estimate of drug-likeness (QED) is 0.237. The first-order chi connectivity index (χ1) is 14.4. The van der Waals surface area contributed by atoms with Gasteiger partial charge in [0, 0.05) is 16.9 Å². The van der Waals surface area contributed by atoms with Crippen molar-refractivity contribution in [3.63, 3.8) is 0 Å². The smallest absolute Gasteiger partial charge is 0.295 e. The summed E-state index contributed by atoms with van der Waals surface area (Å²) in [7, 11) is 0. The average molecular weight is 451 g/mol. The number of halogens is 2. The first kappa shape index (κ1) is 20.2. The molecular formula is C18H12ClFN4O5S. The van der Waals surface area contributed by atoms with Crippen molar-refractivity contribution in [2.75, 3.05) is 5.75 Å². The van der Waals surface area contributed by atoms with E-state index in [1.165, 1.54) is 23.9 Å². The van der Waals surface area contributed by atoms with Gasteiger partial charge in [-0.3, -0.25) is 14.1 Å². The van der Waals surface area contributed by atoms with E-state index < -0.39 is 22.4 Å². The van der Waals surface area contributed by atoms with E-state index in [1.807, 2.05) is 0 Å². The molecule has 154 valence electrons. The van der Waals surface area contributed by atoms with Crippen LogP contribution in [0.1, 0.15) is 17.5 Å². The fourth-order valence-corrected chi connectivity index (χ4v) is 3.94. The second kappa shape index (κ2) is 8.00. The molecule has 0 radical (unpaired) electrons. The molecule has 0 aliphatic heterocycles. The third-order valence-electron chi connectivity index (χ3n) is 4.52. The first-order valence-corrected chi connectivity index (χ1v) is 10.0. The zero-order valence-electron chi connectivity index (χ0n) is 15.3. The molecule has 0 N–H and O–H groups in total. The predicted octanol–water partition coefficient (Wildman–Crippen LogP) is 2.30. The van der Waals surface area contributed by atoms with E-state index in [9.17, 15) is 18.8 Å². The standard InChI is InChI=1S/C18H12ClFN4O5S/c1-8-10(15(26)14(8)25)3-2-6-30-17-13(21-29-23-17)16-22-28-18(27)24(16)9-4-5-12(20)11(19)7-9/h4-5,7H,2-3,6H2,1H3. The Balaban J connectivity index is 1.54. The van der Waals surface area contributed by atoms with Crippen LogP contribution in [0.25, 0.3) is 17.2 Å².